The third-order valence-electron chi connectivity index (χ3n) is 5.53. The topological polar surface area (TPSA) is 74.7 Å². The largest absolute Gasteiger partial charge is 0.502 e. The third-order valence-corrected chi connectivity index (χ3v) is 7.95. The summed E-state index contributed by atoms with van der Waals surface area (Å²) in [5.74, 6) is -1.21. The summed E-state index contributed by atoms with van der Waals surface area (Å²) in [7, 11) is -4.14. The van der Waals surface area contributed by atoms with Gasteiger partial charge in [0.2, 0.25) is 9.84 Å². The van der Waals surface area contributed by atoms with Crippen LogP contribution in [-0.4, -0.2) is 19.4 Å². The summed E-state index contributed by atoms with van der Waals surface area (Å²) < 4.78 is 28.0. The maximum Gasteiger partial charge on any atom is 0.295 e. The first-order valence-corrected chi connectivity index (χ1v) is 12.4. The van der Waals surface area contributed by atoms with E-state index in [2.05, 4.69) is 29.8 Å². The summed E-state index contributed by atoms with van der Waals surface area (Å²) in [6.45, 7) is 4.14. The van der Waals surface area contributed by atoms with Crippen LogP contribution in [0.5, 0.6) is 0 Å². The van der Waals surface area contributed by atoms with Crippen molar-refractivity contribution in [1.29, 1.82) is 0 Å². The number of aliphatic hydroxyl groups excluding tert-OH is 1. The highest BCUT2D eigenvalue weighted by Crippen LogP contribution is 2.45. The van der Waals surface area contributed by atoms with Crippen molar-refractivity contribution in [2.45, 2.75) is 30.7 Å². The third kappa shape index (κ3) is 3.87. The Morgan fingerprint density at radius 3 is 2.06 bits per heavy atom. The van der Waals surface area contributed by atoms with E-state index in [0.29, 0.717) is 17.2 Å². The zero-order valence-electron chi connectivity index (χ0n) is 17.6. The first kappa shape index (κ1) is 22.3. The number of nitrogens with zero attached hydrogens (tertiary/aromatic N) is 1. The lowest BCUT2D eigenvalue weighted by molar-refractivity contribution is -0.117. The molecule has 164 valence electrons. The second kappa shape index (κ2) is 8.56. The van der Waals surface area contributed by atoms with Crippen LogP contribution >= 0.6 is 15.9 Å². The molecule has 3 aromatic rings. The Labute approximate surface area is 196 Å². The highest BCUT2D eigenvalue weighted by Gasteiger charge is 2.47. The van der Waals surface area contributed by atoms with Crippen LogP contribution in [0, 0.1) is 0 Å². The van der Waals surface area contributed by atoms with E-state index in [1.807, 2.05) is 24.3 Å². The fourth-order valence-corrected chi connectivity index (χ4v) is 5.73. The van der Waals surface area contributed by atoms with E-state index in [1.165, 1.54) is 17.0 Å². The van der Waals surface area contributed by atoms with Gasteiger partial charge >= 0.3 is 0 Å². The first-order valence-electron chi connectivity index (χ1n) is 10.1. The quantitative estimate of drug-likeness (QED) is 0.462. The van der Waals surface area contributed by atoms with Crippen LogP contribution in [0.25, 0.3) is 0 Å². The van der Waals surface area contributed by atoms with Crippen LogP contribution in [0.4, 0.5) is 5.69 Å². The zero-order chi connectivity index (χ0) is 23.0. The molecular formula is C25H22BrNO4S. The van der Waals surface area contributed by atoms with E-state index < -0.39 is 27.5 Å². The van der Waals surface area contributed by atoms with Gasteiger partial charge in [-0.1, -0.05) is 72.2 Å². The normalized spacial score (nSPS) is 16.8. The number of sulfone groups is 1. The van der Waals surface area contributed by atoms with Crippen molar-refractivity contribution >= 4 is 37.4 Å². The van der Waals surface area contributed by atoms with Crippen molar-refractivity contribution in [3.63, 3.8) is 0 Å². The van der Waals surface area contributed by atoms with Crippen LogP contribution in [0.2, 0.25) is 0 Å². The van der Waals surface area contributed by atoms with Gasteiger partial charge in [-0.05, 0) is 53.4 Å². The molecule has 0 fully saturated rings. The minimum Gasteiger partial charge on any atom is -0.502 e. The van der Waals surface area contributed by atoms with Gasteiger partial charge in [0.25, 0.3) is 5.91 Å². The van der Waals surface area contributed by atoms with Gasteiger partial charge in [-0.3, -0.25) is 9.69 Å². The van der Waals surface area contributed by atoms with E-state index in [-0.39, 0.29) is 9.80 Å². The van der Waals surface area contributed by atoms with Gasteiger partial charge in [-0.15, -0.1) is 0 Å². The molecule has 0 radical (unpaired) electrons. The summed E-state index contributed by atoms with van der Waals surface area (Å²) in [4.78, 5) is 14.2. The van der Waals surface area contributed by atoms with Crippen LogP contribution in [0.15, 0.2) is 98.9 Å². The van der Waals surface area contributed by atoms with E-state index in [9.17, 15) is 18.3 Å². The molecule has 1 heterocycles. The standard InChI is InChI=1S/C25H22BrNO4S/c1-16(2)17-8-10-18(11-9-17)22-24(32(30,31)21-6-4-3-5-7-21)23(28)25(29)27(22)20-14-12-19(26)13-15-20/h3-16,22,28H,1-2H3. The van der Waals surface area contributed by atoms with Gasteiger partial charge in [0.15, 0.2) is 5.76 Å². The number of hydrogen-bond donors (Lipinski definition) is 1. The molecule has 32 heavy (non-hydrogen) atoms. The molecule has 0 aromatic heterocycles. The second-order valence-electron chi connectivity index (χ2n) is 7.90. The van der Waals surface area contributed by atoms with Crippen molar-refractivity contribution < 1.29 is 18.3 Å². The molecule has 0 saturated heterocycles. The highest BCUT2D eigenvalue weighted by molar-refractivity contribution is 9.10. The minimum atomic E-state index is -4.14. The van der Waals surface area contributed by atoms with Crippen LogP contribution < -0.4 is 4.90 Å². The van der Waals surface area contributed by atoms with Gasteiger partial charge in [0.05, 0.1) is 4.90 Å². The number of anilines is 1. The van der Waals surface area contributed by atoms with E-state index >= 15 is 0 Å². The Bertz CT molecular complexity index is 1280. The Hall–Kier alpha value is -2.90. The molecule has 0 spiro atoms. The molecular weight excluding hydrogens is 490 g/mol. The maximum atomic E-state index is 13.6. The number of benzene rings is 3. The van der Waals surface area contributed by atoms with Gasteiger partial charge in [-0.25, -0.2) is 8.42 Å². The number of aliphatic hydroxyl groups is 1. The lowest BCUT2D eigenvalue weighted by atomic mass is 9.98. The van der Waals surface area contributed by atoms with E-state index in [1.54, 1.807) is 42.5 Å². The highest BCUT2D eigenvalue weighted by atomic mass is 79.9. The van der Waals surface area contributed by atoms with Gasteiger partial charge in [0, 0.05) is 10.2 Å². The predicted octanol–water partition coefficient (Wildman–Crippen LogP) is 5.90. The summed E-state index contributed by atoms with van der Waals surface area (Å²) in [6, 6.07) is 21.3. The van der Waals surface area contributed by atoms with Gasteiger partial charge in [0.1, 0.15) is 10.9 Å². The van der Waals surface area contributed by atoms with Crippen LogP contribution in [0.1, 0.15) is 36.9 Å². The molecule has 7 heteroatoms. The Balaban J connectivity index is 1.92. The molecule has 1 aliphatic heterocycles. The molecule has 1 unspecified atom stereocenters. The summed E-state index contributed by atoms with van der Waals surface area (Å²) >= 11 is 3.38. The van der Waals surface area contributed by atoms with Gasteiger partial charge < -0.3 is 5.11 Å². The predicted molar refractivity (Wildman–Crippen MR) is 128 cm³/mol. The van der Waals surface area contributed by atoms with Gasteiger partial charge in [-0.2, -0.15) is 0 Å². The van der Waals surface area contributed by atoms with Crippen molar-refractivity contribution in [2.75, 3.05) is 4.90 Å². The SMILES string of the molecule is CC(C)c1ccc(C2C(S(=O)(=O)c3ccccc3)=C(O)C(=O)N2c2ccc(Br)cc2)cc1. The molecule has 4 rings (SSSR count). The van der Waals surface area contributed by atoms with E-state index in [4.69, 9.17) is 0 Å². The zero-order valence-corrected chi connectivity index (χ0v) is 20.0. The van der Waals surface area contributed by atoms with Crippen LogP contribution in [0.3, 0.4) is 0 Å². The average Bonchev–Trinajstić information content (AvgIpc) is 3.06. The first-order chi connectivity index (χ1) is 15.2. The Kier molecular flexibility index (Phi) is 5.97. The van der Waals surface area contributed by atoms with Crippen molar-refractivity contribution in [3.8, 4) is 0 Å². The summed E-state index contributed by atoms with van der Waals surface area (Å²) in [5.41, 5.74) is 2.18. The van der Waals surface area contributed by atoms with E-state index in [0.717, 1.165) is 10.0 Å². The fraction of sp³-hybridized carbons (Fsp3) is 0.160. The Morgan fingerprint density at radius 1 is 0.906 bits per heavy atom. The lowest BCUT2D eigenvalue weighted by Crippen LogP contribution is -2.31. The molecule has 0 saturated carbocycles. The van der Waals surface area contributed by atoms with Crippen molar-refractivity contribution in [2.24, 2.45) is 0 Å². The molecule has 5 nitrogen and oxygen atoms in total. The number of carbonyl (C=O) groups is 1. The molecule has 0 aliphatic carbocycles. The molecule has 0 bridgehead atoms. The van der Waals surface area contributed by atoms with Crippen LogP contribution in [-0.2, 0) is 14.6 Å². The molecule has 1 N–H and O–H groups in total. The minimum absolute atomic E-state index is 0.0239. The monoisotopic (exact) mass is 511 g/mol. The summed E-state index contributed by atoms with van der Waals surface area (Å²) in [5, 5.41) is 10.8. The smallest absolute Gasteiger partial charge is 0.295 e. The lowest BCUT2D eigenvalue weighted by Gasteiger charge is -2.27. The second-order valence-corrected chi connectivity index (χ2v) is 10.7. The number of rotatable bonds is 5. The average molecular weight is 512 g/mol. The number of carbonyl (C=O) groups excluding carboxylic acids is 1. The number of hydrogen-bond acceptors (Lipinski definition) is 4. The number of halogens is 1. The number of amides is 1. The van der Waals surface area contributed by atoms with Crippen molar-refractivity contribution in [3.05, 3.63) is 105 Å². The molecule has 3 aromatic carbocycles. The molecule has 1 atom stereocenters. The summed E-state index contributed by atoms with van der Waals surface area (Å²) in [6.07, 6.45) is 0. The molecule has 1 aliphatic rings. The van der Waals surface area contributed by atoms with Crippen molar-refractivity contribution in [1.82, 2.24) is 0 Å². The Morgan fingerprint density at radius 2 is 1.50 bits per heavy atom. The fourth-order valence-electron chi connectivity index (χ4n) is 3.82. The maximum absolute atomic E-state index is 13.6. The molecule has 1 amide bonds.